The van der Waals surface area contributed by atoms with E-state index >= 15 is 0 Å². The van der Waals surface area contributed by atoms with Gasteiger partial charge in [0.05, 0.1) is 16.3 Å². The summed E-state index contributed by atoms with van der Waals surface area (Å²) >= 11 is 9.76. The Balaban J connectivity index is 1.77. The molecule has 0 aliphatic carbocycles. The van der Waals surface area contributed by atoms with E-state index in [1.807, 2.05) is 36.4 Å². The highest BCUT2D eigenvalue weighted by Crippen LogP contribution is 2.31. The summed E-state index contributed by atoms with van der Waals surface area (Å²) in [6.07, 6.45) is 2.41. The molecule has 1 aliphatic heterocycles. The quantitative estimate of drug-likeness (QED) is 0.818. The summed E-state index contributed by atoms with van der Waals surface area (Å²) in [5, 5.41) is 3.56. The van der Waals surface area contributed by atoms with Crippen molar-refractivity contribution in [2.45, 2.75) is 12.8 Å². The third kappa shape index (κ3) is 3.28. The third-order valence-electron chi connectivity index (χ3n) is 3.77. The van der Waals surface area contributed by atoms with Crippen LogP contribution in [-0.4, -0.2) is 19.0 Å². The topological polar surface area (TPSA) is 32.3 Å². The number of halogens is 2. The zero-order valence-electron chi connectivity index (χ0n) is 12.0. The summed E-state index contributed by atoms with van der Waals surface area (Å²) in [6.45, 7) is 2.09. The number of carbonyl (C=O) groups is 1. The molecule has 1 saturated heterocycles. The SMILES string of the molecule is O=C(Nc1ccc(N2CCCC2)c(Cl)c1)c1ccccc1Br. The Kier molecular flexibility index (Phi) is 4.69. The molecule has 0 radical (unpaired) electrons. The second-order valence-corrected chi connectivity index (χ2v) is 6.56. The van der Waals surface area contributed by atoms with Gasteiger partial charge in [0.15, 0.2) is 0 Å². The molecule has 1 amide bonds. The lowest BCUT2D eigenvalue weighted by molar-refractivity contribution is 0.102. The number of rotatable bonds is 3. The summed E-state index contributed by atoms with van der Waals surface area (Å²) in [6, 6.07) is 13.0. The number of anilines is 2. The summed E-state index contributed by atoms with van der Waals surface area (Å²) in [4.78, 5) is 14.6. The van der Waals surface area contributed by atoms with Crippen molar-refractivity contribution in [3.63, 3.8) is 0 Å². The lowest BCUT2D eigenvalue weighted by atomic mass is 10.2. The number of hydrogen-bond acceptors (Lipinski definition) is 2. The molecule has 2 aromatic rings. The molecule has 0 unspecified atom stereocenters. The van der Waals surface area contributed by atoms with Crippen molar-refractivity contribution >= 4 is 44.8 Å². The maximum absolute atomic E-state index is 12.3. The van der Waals surface area contributed by atoms with Gasteiger partial charge < -0.3 is 10.2 Å². The molecule has 1 aliphatic rings. The van der Waals surface area contributed by atoms with E-state index in [-0.39, 0.29) is 5.91 Å². The van der Waals surface area contributed by atoms with Crippen LogP contribution >= 0.6 is 27.5 Å². The van der Waals surface area contributed by atoms with Crippen LogP contribution in [0.2, 0.25) is 5.02 Å². The maximum atomic E-state index is 12.3. The molecule has 5 heteroatoms. The molecular formula is C17H16BrClN2O. The predicted octanol–water partition coefficient (Wildman–Crippen LogP) is 4.96. The van der Waals surface area contributed by atoms with Gasteiger partial charge in [0.25, 0.3) is 5.91 Å². The van der Waals surface area contributed by atoms with Gasteiger partial charge in [0.1, 0.15) is 0 Å². The van der Waals surface area contributed by atoms with E-state index in [0.717, 1.165) is 23.2 Å². The van der Waals surface area contributed by atoms with E-state index in [2.05, 4.69) is 26.1 Å². The molecule has 22 heavy (non-hydrogen) atoms. The molecule has 1 N–H and O–H groups in total. The van der Waals surface area contributed by atoms with E-state index in [1.165, 1.54) is 12.8 Å². The smallest absolute Gasteiger partial charge is 0.256 e. The van der Waals surface area contributed by atoms with Gasteiger partial charge in [0.2, 0.25) is 0 Å². The predicted molar refractivity (Wildman–Crippen MR) is 95.0 cm³/mol. The van der Waals surface area contributed by atoms with E-state index in [4.69, 9.17) is 11.6 Å². The van der Waals surface area contributed by atoms with Gasteiger partial charge in [-0.1, -0.05) is 23.7 Å². The number of hydrogen-bond donors (Lipinski definition) is 1. The van der Waals surface area contributed by atoms with Gasteiger partial charge >= 0.3 is 0 Å². The molecule has 0 spiro atoms. The zero-order valence-corrected chi connectivity index (χ0v) is 14.3. The van der Waals surface area contributed by atoms with Gasteiger partial charge in [-0.2, -0.15) is 0 Å². The number of nitrogens with zero attached hydrogens (tertiary/aromatic N) is 1. The number of nitrogens with one attached hydrogen (secondary N) is 1. The van der Waals surface area contributed by atoms with E-state index in [9.17, 15) is 4.79 Å². The normalized spacial score (nSPS) is 14.2. The first-order chi connectivity index (χ1) is 10.6. The van der Waals surface area contributed by atoms with Crippen LogP contribution in [0.5, 0.6) is 0 Å². The maximum Gasteiger partial charge on any atom is 0.256 e. The summed E-state index contributed by atoms with van der Waals surface area (Å²) in [5.74, 6) is -0.155. The zero-order chi connectivity index (χ0) is 15.5. The lowest BCUT2D eigenvalue weighted by Crippen LogP contribution is -2.18. The highest BCUT2D eigenvalue weighted by atomic mass is 79.9. The van der Waals surface area contributed by atoms with Crippen LogP contribution in [0.25, 0.3) is 0 Å². The van der Waals surface area contributed by atoms with Crippen LogP contribution < -0.4 is 10.2 Å². The molecule has 3 nitrogen and oxygen atoms in total. The van der Waals surface area contributed by atoms with Crippen LogP contribution in [0.3, 0.4) is 0 Å². The Bertz CT molecular complexity index is 699. The van der Waals surface area contributed by atoms with Crippen molar-refractivity contribution in [2.75, 3.05) is 23.3 Å². The third-order valence-corrected chi connectivity index (χ3v) is 4.77. The summed E-state index contributed by atoms with van der Waals surface area (Å²) in [7, 11) is 0. The molecule has 0 atom stereocenters. The average Bonchev–Trinajstić information content (AvgIpc) is 3.01. The van der Waals surface area contributed by atoms with E-state index < -0.39 is 0 Å². The fraction of sp³-hybridized carbons (Fsp3) is 0.235. The number of amides is 1. The van der Waals surface area contributed by atoms with Crippen molar-refractivity contribution in [3.05, 3.63) is 57.5 Å². The Hall–Kier alpha value is -1.52. The molecular weight excluding hydrogens is 364 g/mol. The van der Waals surface area contributed by atoms with E-state index in [0.29, 0.717) is 16.3 Å². The Labute approximate surface area is 143 Å². The van der Waals surface area contributed by atoms with Crippen LogP contribution in [0.15, 0.2) is 46.9 Å². The largest absolute Gasteiger partial charge is 0.370 e. The molecule has 3 rings (SSSR count). The lowest BCUT2D eigenvalue weighted by Gasteiger charge is -2.19. The molecule has 2 aromatic carbocycles. The fourth-order valence-corrected chi connectivity index (χ4v) is 3.41. The van der Waals surface area contributed by atoms with Gasteiger partial charge in [-0.25, -0.2) is 0 Å². The van der Waals surface area contributed by atoms with Crippen LogP contribution in [-0.2, 0) is 0 Å². The van der Waals surface area contributed by atoms with Crippen LogP contribution in [0.1, 0.15) is 23.2 Å². The minimum atomic E-state index is -0.155. The summed E-state index contributed by atoms with van der Waals surface area (Å²) in [5.41, 5.74) is 2.34. The van der Waals surface area contributed by atoms with Gasteiger partial charge in [-0.05, 0) is 59.1 Å². The monoisotopic (exact) mass is 378 g/mol. The minimum absolute atomic E-state index is 0.155. The Morgan fingerprint density at radius 2 is 1.86 bits per heavy atom. The molecule has 0 bridgehead atoms. The number of benzene rings is 2. The Morgan fingerprint density at radius 3 is 2.55 bits per heavy atom. The minimum Gasteiger partial charge on any atom is -0.370 e. The second-order valence-electron chi connectivity index (χ2n) is 5.29. The van der Waals surface area contributed by atoms with Crippen molar-refractivity contribution in [3.8, 4) is 0 Å². The van der Waals surface area contributed by atoms with Gasteiger partial charge in [-0.15, -0.1) is 0 Å². The number of carbonyl (C=O) groups excluding carboxylic acids is 1. The molecule has 114 valence electrons. The van der Waals surface area contributed by atoms with Crippen LogP contribution in [0, 0.1) is 0 Å². The fourth-order valence-electron chi connectivity index (χ4n) is 2.64. The van der Waals surface area contributed by atoms with Gasteiger partial charge in [0, 0.05) is 23.2 Å². The van der Waals surface area contributed by atoms with Crippen molar-refractivity contribution in [2.24, 2.45) is 0 Å². The van der Waals surface area contributed by atoms with E-state index in [1.54, 1.807) is 6.07 Å². The second kappa shape index (κ2) is 6.71. The van der Waals surface area contributed by atoms with Crippen molar-refractivity contribution in [1.29, 1.82) is 0 Å². The first-order valence-corrected chi connectivity index (χ1v) is 8.42. The molecule has 1 heterocycles. The standard InChI is InChI=1S/C17H16BrClN2O/c18-14-6-2-1-5-13(14)17(22)20-12-7-8-16(15(19)11-12)21-9-3-4-10-21/h1-2,5-8,11H,3-4,9-10H2,(H,20,22). The summed E-state index contributed by atoms with van der Waals surface area (Å²) < 4.78 is 0.771. The van der Waals surface area contributed by atoms with Gasteiger partial charge in [-0.3, -0.25) is 4.79 Å². The Morgan fingerprint density at radius 1 is 1.14 bits per heavy atom. The first kappa shape index (κ1) is 15.4. The molecule has 1 fully saturated rings. The first-order valence-electron chi connectivity index (χ1n) is 7.25. The van der Waals surface area contributed by atoms with Crippen LogP contribution in [0.4, 0.5) is 11.4 Å². The highest BCUT2D eigenvalue weighted by Gasteiger charge is 2.16. The van der Waals surface area contributed by atoms with Crippen molar-refractivity contribution in [1.82, 2.24) is 0 Å². The average molecular weight is 380 g/mol. The molecule has 0 aromatic heterocycles. The van der Waals surface area contributed by atoms with Crippen molar-refractivity contribution < 1.29 is 4.79 Å². The molecule has 0 saturated carbocycles. The highest BCUT2D eigenvalue weighted by molar-refractivity contribution is 9.10.